The standard InChI is InChI=1S/C24H29N5O7/c1-26-11-12-27(20(30)15-26)14-17-13-16-5-4-10-28(22(16)25-21(17)23(34-2)35-3)24(31)36-19-8-6-18(7-9-19)29(32)33/h6-9,13,23H,4-5,10-12,14-15H2,1-3H3. The van der Waals surface area contributed by atoms with Gasteiger partial charge in [-0.25, -0.2) is 9.78 Å². The number of nitrogens with zero attached hydrogens (tertiary/aromatic N) is 5. The van der Waals surface area contributed by atoms with Gasteiger partial charge in [0.25, 0.3) is 5.69 Å². The molecule has 1 fully saturated rings. The molecule has 0 bridgehead atoms. The largest absolute Gasteiger partial charge is 0.420 e. The Bertz CT molecular complexity index is 1140. The van der Waals surface area contributed by atoms with Crippen molar-refractivity contribution in [2.24, 2.45) is 0 Å². The molecule has 2 amide bonds. The highest BCUT2D eigenvalue weighted by Crippen LogP contribution is 2.32. The lowest BCUT2D eigenvalue weighted by Gasteiger charge is -2.34. The molecule has 3 heterocycles. The average molecular weight is 500 g/mol. The van der Waals surface area contributed by atoms with Crippen LogP contribution >= 0.6 is 0 Å². The van der Waals surface area contributed by atoms with Gasteiger partial charge in [0.15, 0.2) is 0 Å². The Morgan fingerprint density at radius 2 is 1.89 bits per heavy atom. The van der Waals surface area contributed by atoms with Crippen molar-refractivity contribution in [2.75, 3.05) is 52.3 Å². The van der Waals surface area contributed by atoms with E-state index >= 15 is 0 Å². The molecular weight excluding hydrogens is 470 g/mol. The number of anilines is 1. The molecule has 12 heteroatoms. The molecule has 0 spiro atoms. The van der Waals surface area contributed by atoms with E-state index in [0.29, 0.717) is 50.5 Å². The molecule has 0 saturated carbocycles. The molecule has 2 aliphatic heterocycles. The summed E-state index contributed by atoms with van der Waals surface area (Å²) in [5.74, 6) is 0.664. The number of nitro groups is 1. The quantitative estimate of drug-likeness (QED) is 0.321. The maximum Gasteiger partial charge on any atom is 0.420 e. The van der Waals surface area contributed by atoms with Gasteiger partial charge in [0.05, 0.1) is 11.5 Å². The number of aryl methyl sites for hydroxylation is 1. The van der Waals surface area contributed by atoms with Crippen LogP contribution in [0.15, 0.2) is 30.3 Å². The first-order valence-corrected chi connectivity index (χ1v) is 11.6. The van der Waals surface area contributed by atoms with E-state index < -0.39 is 17.3 Å². The minimum absolute atomic E-state index is 0.0344. The Morgan fingerprint density at radius 1 is 1.17 bits per heavy atom. The number of carbonyl (C=O) groups is 2. The first-order chi connectivity index (χ1) is 17.3. The SMILES string of the molecule is COC(OC)c1nc2c(cc1CN1CCN(C)CC1=O)CCCN2C(=O)Oc1ccc([N+](=O)[O-])cc1. The maximum atomic E-state index is 13.1. The van der Waals surface area contributed by atoms with E-state index in [0.717, 1.165) is 17.7 Å². The van der Waals surface area contributed by atoms with E-state index in [4.69, 9.17) is 19.2 Å². The Morgan fingerprint density at radius 3 is 2.53 bits per heavy atom. The molecule has 2 aromatic rings. The minimum Gasteiger partial charge on any atom is -0.410 e. The summed E-state index contributed by atoms with van der Waals surface area (Å²) >= 11 is 0. The number of methoxy groups -OCH3 is 2. The summed E-state index contributed by atoms with van der Waals surface area (Å²) in [5, 5.41) is 10.9. The highest BCUT2D eigenvalue weighted by atomic mass is 16.7. The summed E-state index contributed by atoms with van der Waals surface area (Å²) in [6.45, 7) is 2.49. The molecule has 2 aliphatic rings. The predicted octanol–water partition coefficient (Wildman–Crippen LogP) is 2.51. The van der Waals surface area contributed by atoms with Gasteiger partial charge in [-0.2, -0.15) is 0 Å². The number of likely N-dealkylation sites (N-methyl/N-ethyl adjacent to an activating group) is 1. The molecule has 192 valence electrons. The summed E-state index contributed by atoms with van der Waals surface area (Å²) in [5.41, 5.74) is 2.04. The Hall–Kier alpha value is -3.61. The lowest BCUT2D eigenvalue weighted by atomic mass is 10.0. The van der Waals surface area contributed by atoms with Gasteiger partial charge in [-0.05, 0) is 49.2 Å². The number of amides is 2. The van der Waals surface area contributed by atoms with Crippen LogP contribution in [0.4, 0.5) is 16.3 Å². The number of carbonyl (C=O) groups excluding carboxylic acids is 2. The minimum atomic E-state index is -0.790. The molecule has 12 nitrogen and oxygen atoms in total. The van der Waals surface area contributed by atoms with Crippen molar-refractivity contribution in [3.8, 4) is 5.75 Å². The van der Waals surface area contributed by atoms with Gasteiger partial charge in [0.2, 0.25) is 12.2 Å². The fourth-order valence-electron chi connectivity index (χ4n) is 4.38. The Balaban J connectivity index is 1.62. The summed E-state index contributed by atoms with van der Waals surface area (Å²) in [4.78, 5) is 46.0. The van der Waals surface area contributed by atoms with Crippen molar-refractivity contribution >= 4 is 23.5 Å². The molecule has 1 saturated heterocycles. The molecule has 0 aliphatic carbocycles. The third kappa shape index (κ3) is 5.45. The number of fused-ring (bicyclic) bond motifs is 1. The number of pyridine rings is 1. The lowest BCUT2D eigenvalue weighted by Crippen LogP contribution is -2.48. The van der Waals surface area contributed by atoms with Crippen LogP contribution in [-0.4, -0.2) is 79.2 Å². The number of piperazine rings is 1. The number of hydrogen-bond acceptors (Lipinski definition) is 9. The van der Waals surface area contributed by atoms with Gasteiger partial charge < -0.3 is 19.1 Å². The highest BCUT2D eigenvalue weighted by Gasteiger charge is 2.31. The van der Waals surface area contributed by atoms with E-state index in [9.17, 15) is 19.7 Å². The summed E-state index contributed by atoms with van der Waals surface area (Å²) in [7, 11) is 4.92. The third-order valence-corrected chi connectivity index (χ3v) is 6.27. The monoisotopic (exact) mass is 499 g/mol. The Labute approximate surface area is 208 Å². The van der Waals surface area contributed by atoms with E-state index in [-0.39, 0.29) is 17.3 Å². The Kier molecular flexibility index (Phi) is 7.77. The molecule has 4 rings (SSSR count). The van der Waals surface area contributed by atoms with Crippen molar-refractivity contribution in [3.63, 3.8) is 0 Å². The van der Waals surface area contributed by atoms with Gasteiger partial charge in [-0.3, -0.25) is 24.7 Å². The molecule has 0 atom stereocenters. The highest BCUT2D eigenvalue weighted by molar-refractivity contribution is 5.89. The number of non-ortho nitro benzene ring substituents is 1. The molecular formula is C24H29N5O7. The summed E-state index contributed by atoms with van der Waals surface area (Å²) in [6, 6.07) is 7.26. The van der Waals surface area contributed by atoms with Crippen LogP contribution in [0.2, 0.25) is 0 Å². The fourth-order valence-corrected chi connectivity index (χ4v) is 4.38. The van der Waals surface area contributed by atoms with E-state index in [1.54, 1.807) is 4.90 Å². The zero-order valence-corrected chi connectivity index (χ0v) is 20.5. The van der Waals surface area contributed by atoms with Crippen LogP contribution < -0.4 is 9.64 Å². The number of hydrogen-bond donors (Lipinski definition) is 0. The van der Waals surface area contributed by atoms with Gasteiger partial charge in [-0.1, -0.05) is 0 Å². The van der Waals surface area contributed by atoms with Crippen LogP contribution in [0, 0.1) is 10.1 Å². The third-order valence-electron chi connectivity index (χ3n) is 6.27. The fraction of sp³-hybridized carbons (Fsp3) is 0.458. The smallest absolute Gasteiger partial charge is 0.410 e. The van der Waals surface area contributed by atoms with Crippen LogP contribution in [0.1, 0.15) is 29.5 Å². The lowest BCUT2D eigenvalue weighted by molar-refractivity contribution is -0.384. The second-order valence-corrected chi connectivity index (χ2v) is 8.75. The second-order valence-electron chi connectivity index (χ2n) is 8.75. The van der Waals surface area contributed by atoms with E-state index in [1.165, 1.54) is 43.4 Å². The number of benzene rings is 1. The van der Waals surface area contributed by atoms with Gasteiger partial charge >= 0.3 is 6.09 Å². The van der Waals surface area contributed by atoms with Gasteiger partial charge in [0.1, 0.15) is 17.3 Å². The molecule has 36 heavy (non-hydrogen) atoms. The van der Waals surface area contributed by atoms with E-state index in [1.807, 2.05) is 18.0 Å². The van der Waals surface area contributed by atoms with Gasteiger partial charge in [0, 0.05) is 52.5 Å². The number of rotatable bonds is 7. The first-order valence-electron chi connectivity index (χ1n) is 11.6. The van der Waals surface area contributed by atoms with E-state index in [2.05, 4.69) is 0 Å². The average Bonchev–Trinajstić information content (AvgIpc) is 2.86. The molecule has 1 aromatic carbocycles. The van der Waals surface area contributed by atoms with Crippen molar-refractivity contribution < 1.29 is 28.7 Å². The zero-order chi connectivity index (χ0) is 25.8. The maximum absolute atomic E-state index is 13.1. The van der Waals surface area contributed by atoms with Gasteiger partial charge in [-0.15, -0.1) is 0 Å². The predicted molar refractivity (Wildman–Crippen MR) is 129 cm³/mol. The molecule has 0 unspecified atom stereocenters. The van der Waals surface area contributed by atoms with Crippen LogP contribution in [0.25, 0.3) is 0 Å². The summed E-state index contributed by atoms with van der Waals surface area (Å²) < 4.78 is 16.5. The number of aromatic nitrogens is 1. The van der Waals surface area contributed by atoms with Crippen molar-refractivity contribution in [1.29, 1.82) is 0 Å². The number of ether oxygens (including phenoxy) is 3. The molecule has 0 radical (unpaired) electrons. The molecule has 1 aromatic heterocycles. The van der Waals surface area contributed by atoms with Crippen LogP contribution in [-0.2, 0) is 27.2 Å². The van der Waals surface area contributed by atoms with Crippen molar-refractivity contribution in [3.05, 3.63) is 57.3 Å². The number of nitro benzene ring substituents is 1. The second kappa shape index (κ2) is 11.0. The van der Waals surface area contributed by atoms with Crippen molar-refractivity contribution in [2.45, 2.75) is 25.7 Å². The normalized spacial score (nSPS) is 16.3. The topological polar surface area (TPSA) is 128 Å². The zero-order valence-electron chi connectivity index (χ0n) is 20.5. The van der Waals surface area contributed by atoms with Crippen LogP contribution in [0.3, 0.4) is 0 Å². The van der Waals surface area contributed by atoms with Crippen molar-refractivity contribution in [1.82, 2.24) is 14.8 Å². The summed E-state index contributed by atoms with van der Waals surface area (Å²) in [6.07, 6.45) is -0.0223. The van der Waals surface area contributed by atoms with Crippen LogP contribution in [0.5, 0.6) is 5.75 Å². The molecule has 0 N–H and O–H groups in total. The first kappa shape index (κ1) is 25.5.